The maximum absolute atomic E-state index is 5.64. The van der Waals surface area contributed by atoms with Crippen molar-refractivity contribution in [3.63, 3.8) is 0 Å². The first-order valence-electron chi connectivity index (χ1n) is 6.81. The molecule has 0 aromatic heterocycles. The fourth-order valence-electron chi connectivity index (χ4n) is 1.67. The Morgan fingerprint density at radius 2 is 2.00 bits per heavy atom. The third-order valence-electron chi connectivity index (χ3n) is 2.63. The highest BCUT2D eigenvalue weighted by molar-refractivity contribution is 5.27. The van der Waals surface area contributed by atoms with Crippen LogP contribution < -0.4 is 10.1 Å². The Morgan fingerprint density at radius 3 is 2.78 bits per heavy atom. The molecule has 0 atom stereocenters. The second-order valence-electron chi connectivity index (χ2n) is 4.32. The van der Waals surface area contributed by atoms with Crippen LogP contribution in [-0.2, 0) is 4.74 Å². The van der Waals surface area contributed by atoms with Crippen molar-refractivity contribution in [1.82, 2.24) is 5.32 Å². The number of hydrogen-bond donors (Lipinski definition) is 1. The first-order chi connectivity index (χ1) is 8.83. The van der Waals surface area contributed by atoms with Crippen LogP contribution in [0.4, 0.5) is 0 Å². The molecule has 102 valence electrons. The zero-order chi connectivity index (χ0) is 13.1. The number of benzene rings is 1. The molecular weight excluding hydrogens is 226 g/mol. The van der Waals surface area contributed by atoms with Crippen molar-refractivity contribution in [2.45, 2.75) is 26.7 Å². The van der Waals surface area contributed by atoms with E-state index in [-0.39, 0.29) is 0 Å². The molecule has 0 fully saturated rings. The summed E-state index contributed by atoms with van der Waals surface area (Å²) in [6.07, 6.45) is 2.28. The number of rotatable bonds is 10. The zero-order valence-electron chi connectivity index (χ0n) is 11.6. The van der Waals surface area contributed by atoms with Gasteiger partial charge in [0, 0.05) is 19.8 Å². The molecule has 0 saturated heterocycles. The summed E-state index contributed by atoms with van der Waals surface area (Å²) in [7, 11) is 0. The van der Waals surface area contributed by atoms with Crippen LogP contribution in [-0.4, -0.2) is 32.9 Å². The Labute approximate surface area is 110 Å². The second kappa shape index (κ2) is 9.92. The van der Waals surface area contributed by atoms with Crippen molar-refractivity contribution in [3.05, 3.63) is 29.8 Å². The molecule has 1 rings (SSSR count). The van der Waals surface area contributed by atoms with E-state index in [0.29, 0.717) is 0 Å². The van der Waals surface area contributed by atoms with Crippen molar-refractivity contribution in [2.75, 3.05) is 32.9 Å². The number of hydrogen-bond acceptors (Lipinski definition) is 3. The minimum atomic E-state index is 0.717. The standard InChI is InChI=1S/C15H25NO2/c1-3-17-11-5-4-9-16-10-12-18-15-8-6-7-14(2)13-15/h6-8,13,16H,3-5,9-12H2,1-2H3. The maximum atomic E-state index is 5.64. The van der Waals surface area contributed by atoms with Gasteiger partial charge in [0.15, 0.2) is 0 Å². The van der Waals surface area contributed by atoms with Gasteiger partial charge < -0.3 is 14.8 Å². The van der Waals surface area contributed by atoms with Gasteiger partial charge in [0.25, 0.3) is 0 Å². The van der Waals surface area contributed by atoms with Gasteiger partial charge in [-0.05, 0) is 50.9 Å². The van der Waals surface area contributed by atoms with Crippen LogP contribution in [0.5, 0.6) is 5.75 Å². The summed E-state index contributed by atoms with van der Waals surface area (Å²) < 4.78 is 10.9. The summed E-state index contributed by atoms with van der Waals surface area (Å²) in [5, 5.41) is 3.37. The third-order valence-corrected chi connectivity index (χ3v) is 2.63. The molecular formula is C15H25NO2. The molecule has 0 amide bonds. The van der Waals surface area contributed by atoms with Crippen LogP contribution in [0, 0.1) is 6.92 Å². The van der Waals surface area contributed by atoms with Gasteiger partial charge in [0.2, 0.25) is 0 Å². The van der Waals surface area contributed by atoms with E-state index in [2.05, 4.69) is 24.4 Å². The normalized spacial score (nSPS) is 10.6. The Balaban J connectivity index is 1.92. The fourth-order valence-corrected chi connectivity index (χ4v) is 1.67. The molecule has 0 saturated carbocycles. The Kier molecular flexibility index (Phi) is 8.26. The minimum Gasteiger partial charge on any atom is -0.492 e. The van der Waals surface area contributed by atoms with Gasteiger partial charge in [0.1, 0.15) is 12.4 Å². The smallest absolute Gasteiger partial charge is 0.119 e. The fraction of sp³-hybridized carbons (Fsp3) is 0.600. The lowest BCUT2D eigenvalue weighted by atomic mass is 10.2. The highest BCUT2D eigenvalue weighted by Crippen LogP contribution is 2.11. The lowest BCUT2D eigenvalue weighted by Crippen LogP contribution is -2.22. The molecule has 3 nitrogen and oxygen atoms in total. The number of ether oxygens (including phenoxy) is 2. The molecule has 0 aliphatic heterocycles. The van der Waals surface area contributed by atoms with Gasteiger partial charge >= 0.3 is 0 Å². The SMILES string of the molecule is CCOCCCCNCCOc1cccc(C)c1. The molecule has 0 heterocycles. The average Bonchev–Trinajstić information content (AvgIpc) is 2.37. The molecule has 1 aromatic rings. The zero-order valence-corrected chi connectivity index (χ0v) is 11.6. The van der Waals surface area contributed by atoms with E-state index in [1.54, 1.807) is 0 Å². The van der Waals surface area contributed by atoms with Crippen LogP contribution in [0.25, 0.3) is 0 Å². The summed E-state index contributed by atoms with van der Waals surface area (Å²) in [6.45, 7) is 8.43. The predicted octanol–water partition coefficient (Wildman–Crippen LogP) is 2.78. The van der Waals surface area contributed by atoms with E-state index in [1.165, 1.54) is 5.56 Å². The molecule has 0 unspecified atom stereocenters. The Morgan fingerprint density at radius 1 is 1.11 bits per heavy atom. The first kappa shape index (κ1) is 15.0. The van der Waals surface area contributed by atoms with E-state index < -0.39 is 0 Å². The van der Waals surface area contributed by atoms with Crippen LogP contribution in [0.2, 0.25) is 0 Å². The monoisotopic (exact) mass is 251 g/mol. The van der Waals surface area contributed by atoms with Gasteiger partial charge in [-0.2, -0.15) is 0 Å². The quantitative estimate of drug-likeness (QED) is 0.649. The average molecular weight is 251 g/mol. The number of unbranched alkanes of at least 4 members (excludes halogenated alkanes) is 1. The number of nitrogens with one attached hydrogen (secondary N) is 1. The van der Waals surface area contributed by atoms with Crippen molar-refractivity contribution in [3.8, 4) is 5.75 Å². The minimum absolute atomic E-state index is 0.717. The summed E-state index contributed by atoms with van der Waals surface area (Å²) in [5.41, 5.74) is 1.23. The van der Waals surface area contributed by atoms with Crippen LogP contribution in [0.15, 0.2) is 24.3 Å². The largest absolute Gasteiger partial charge is 0.492 e. The van der Waals surface area contributed by atoms with E-state index in [1.807, 2.05) is 19.1 Å². The van der Waals surface area contributed by atoms with E-state index in [0.717, 1.165) is 51.5 Å². The van der Waals surface area contributed by atoms with E-state index >= 15 is 0 Å². The Bertz CT molecular complexity index is 315. The van der Waals surface area contributed by atoms with Gasteiger partial charge in [-0.3, -0.25) is 0 Å². The van der Waals surface area contributed by atoms with Gasteiger partial charge in [-0.15, -0.1) is 0 Å². The number of aryl methyl sites for hydroxylation is 1. The van der Waals surface area contributed by atoms with Crippen molar-refractivity contribution >= 4 is 0 Å². The molecule has 0 radical (unpaired) electrons. The summed E-state index contributed by atoms with van der Waals surface area (Å²) in [5.74, 6) is 0.952. The van der Waals surface area contributed by atoms with Crippen LogP contribution >= 0.6 is 0 Å². The predicted molar refractivity (Wildman–Crippen MR) is 75.3 cm³/mol. The molecule has 0 aliphatic rings. The van der Waals surface area contributed by atoms with Gasteiger partial charge in [-0.25, -0.2) is 0 Å². The molecule has 1 aromatic carbocycles. The first-order valence-corrected chi connectivity index (χ1v) is 6.81. The molecule has 18 heavy (non-hydrogen) atoms. The van der Waals surface area contributed by atoms with Crippen molar-refractivity contribution < 1.29 is 9.47 Å². The molecule has 0 spiro atoms. The summed E-state index contributed by atoms with van der Waals surface area (Å²) in [6, 6.07) is 8.15. The topological polar surface area (TPSA) is 30.5 Å². The third kappa shape index (κ3) is 7.30. The Hall–Kier alpha value is -1.06. The molecule has 3 heteroatoms. The molecule has 1 N–H and O–H groups in total. The lowest BCUT2D eigenvalue weighted by molar-refractivity contribution is 0.143. The highest BCUT2D eigenvalue weighted by Gasteiger charge is 1.94. The van der Waals surface area contributed by atoms with Gasteiger partial charge in [0.05, 0.1) is 0 Å². The summed E-state index contributed by atoms with van der Waals surface area (Å²) >= 11 is 0. The van der Waals surface area contributed by atoms with Crippen molar-refractivity contribution in [1.29, 1.82) is 0 Å². The maximum Gasteiger partial charge on any atom is 0.119 e. The highest BCUT2D eigenvalue weighted by atomic mass is 16.5. The van der Waals surface area contributed by atoms with E-state index in [4.69, 9.17) is 9.47 Å². The van der Waals surface area contributed by atoms with E-state index in [9.17, 15) is 0 Å². The van der Waals surface area contributed by atoms with Crippen molar-refractivity contribution in [2.24, 2.45) is 0 Å². The van der Waals surface area contributed by atoms with Crippen LogP contribution in [0.3, 0.4) is 0 Å². The summed E-state index contributed by atoms with van der Waals surface area (Å²) in [4.78, 5) is 0. The molecule has 0 aliphatic carbocycles. The van der Waals surface area contributed by atoms with Gasteiger partial charge in [-0.1, -0.05) is 12.1 Å². The lowest BCUT2D eigenvalue weighted by Gasteiger charge is -2.08. The van der Waals surface area contributed by atoms with Crippen LogP contribution in [0.1, 0.15) is 25.3 Å². The molecule has 0 bridgehead atoms. The second-order valence-corrected chi connectivity index (χ2v) is 4.32.